The van der Waals surface area contributed by atoms with Crippen LogP contribution in [0.1, 0.15) is 51.9 Å². The topological polar surface area (TPSA) is 34.1 Å². The molecule has 0 heterocycles. The Hall–Kier alpha value is -1.18. The number of allylic oxidation sites excluding steroid dienone is 4. The smallest absolute Gasteiger partial charge is 0.139 e. The van der Waals surface area contributed by atoms with Crippen molar-refractivity contribution in [1.82, 2.24) is 0 Å². The first-order valence-electron chi connectivity index (χ1n) is 8.03. The lowest BCUT2D eigenvalue weighted by atomic mass is 9.57. The molecular weight excluding hydrogens is 248 g/mol. The van der Waals surface area contributed by atoms with Crippen LogP contribution < -0.4 is 0 Å². The number of hydrogen-bond donors (Lipinski definition) is 0. The van der Waals surface area contributed by atoms with Crippen molar-refractivity contribution in [2.45, 2.75) is 51.9 Å². The standard InChI is InChI=1S/C18H22O2/c1-18-9-8-14-13-5-3-12(19)10-11(13)2-4-15(14)16(18)6-7-17(18)20/h2,8,13,15-16H,3-7,9-10H2,1H3/t13-,15+,16-,18-/m0/s1. The van der Waals surface area contributed by atoms with Crippen molar-refractivity contribution in [2.24, 2.45) is 23.2 Å². The number of carbonyl (C=O) groups is 2. The molecule has 0 amide bonds. The normalized spacial score (nSPS) is 43.4. The maximum Gasteiger partial charge on any atom is 0.139 e. The Balaban J connectivity index is 1.71. The van der Waals surface area contributed by atoms with Gasteiger partial charge in [0.15, 0.2) is 0 Å². The molecule has 0 N–H and O–H groups in total. The van der Waals surface area contributed by atoms with E-state index in [1.807, 2.05) is 0 Å². The zero-order valence-electron chi connectivity index (χ0n) is 12.2. The monoisotopic (exact) mass is 270 g/mol. The zero-order valence-corrected chi connectivity index (χ0v) is 12.2. The molecule has 0 aromatic carbocycles. The van der Waals surface area contributed by atoms with Crippen LogP contribution in [-0.4, -0.2) is 11.6 Å². The Morgan fingerprint density at radius 2 is 2.00 bits per heavy atom. The summed E-state index contributed by atoms with van der Waals surface area (Å²) in [4.78, 5) is 23.9. The zero-order chi connectivity index (χ0) is 13.9. The minimum Gasteiger partial charge on any atom is -0.299 e. The third kappa shape index (κ3) is 1.57. The maximum absolute atomic E-state index is 12.2. The van der Waals surface area contributed by atoms with Crippen LogP contribution in [0.15, 0.2) is 23.3 Å². The van der Waals surface area contributed by atoms with Gasteiger partial charge in [-0.05, 0) is 37.5 Å². The molecule has 0 radical (unpaired) electrons. The summed E-state index contributed by atoms with van der Waals surface area (Å²) in [7, 11) is 0. The summed E-state index contributed by atoms with van der Waals surface area (Å²) >= 11 is 0. The van der Waals surface area contributed by atoms with Crippen molar-refractivity contribution in [3.63, 3.8) is 0 Å². The highest BCUT2D eigenvalue weighted by Gasteiger charge is 2.52. The highest BCUT2D eigenvalue weighted by molar-refractivity contribution is 5.87. The molecule has 20 heavy (non-hydrogen) atoms. The van der Waals surface area contributed by atoms with Crippen molar-refractivity contribution < 1.29 is 9.59 Å². The third-order valence-electron chi connectivity index (χ3n) is 6.41. The Morgan fingerprint density at radius 1 is 1.15 bits per heavy atom. The third-order valence-corrected chi connectivity index (χ3v) is 6.41. The maximum atomic E-state index is 12.2. The van der Waals surface area contributed by atoms with Gasteiger partial charge in [0, 0.05) is 30.6 Å². The molecule has 2 nitrogen and oxygen atoms in total. The van der Waals surface area contributed by atoms with Crippen LogP contribution in [-0.2, 0) is 9.59 Å². The molecule has 4 rings (SSSR count). The fourth-order valence-electron chi connectivity index (χ4n) is 5.23. The van der Waals surface area contributed by atoms with E-state index in [-0.39, 0.29) is 5.41 Å². The largest absolute Gasteiger partial charge is 0.299 e. The Labute approximate surface area is 120 Å². The van der Waals surface area contributed by atoms with Crippen molar-refractivity contribution >= 4 is 11.6 Å². The van der Waals surface area contributed by atoms with Gasteiger partial charge in [0.1, 0.15) is 11.6 Å². The number of carbonyl (C=O) groups excluding carboxylic acids is 2. The first kappa shape index (κ1) is 12.6. The van der Waals surface area contributed by atoms with Crippen LogP contribution in [0.2, 0.25) is 0 Å². The van der Waals surface area contributed by atoms with E-state index in [0.29, 0.717) is 35.7 Å². The lowest BCUT2D eigenvalue weighted by molar-refractivity contribution is -0.127. The van der Waals surface area contributed by atoms with Crippen LogP contribution in [0.3, 0.4) is 0 Å². The predicted octanol–water partition coefficient (Wildman–Crippen LogP) is 3.62. The van der Waals surface area contributed by atoms with E-state index in [1.54, 1.807) is 5.57 Å². The number of Topliss-reactive ketones (excluding diaryl/α,β-unsaturated/α-hetero) is 2. The average Bonchev–Trinajstić information content (AvgIpc) is 2.74. The van der Waals surface area contributed by atoms with Gasteiger partial charge in [-0.1, -0.05) is 30.2 Å². The van der Waals surface area contributed by atoms with Gasteiger partial charge in [-0.2, -0.15) is 0 Å². The molecule has 0 unspecified atom stereocenters. The van der Waals surface area contributed by atoms with Crippen molar-refractivity contribution in [3.05, 3.63) is 23.3 Å². The molecule has 4 aliphatic carbocycles. The second-order valence-corrected chi connectivity index (χ2v) is 7.32. The summed E-state index contributed by atoms with van der Waals surface area (Å²) in [5, 5.41) is 0. The Kier molecular flexibility index (Phi) is 2.61. The number of hydrogen-bond acceptors (Lipinski definition) is 2. The van der Waals surface area contributed by atoms with Crippen molar-refractivity contribution in [2.75, 3.05) is 0 Å². The average molecular weight is 270 g/mol. The van der Waals surface area contributed by atoms with Gasteiger partial charge in [-0.15, -0.1) is 0 Å². The first-order chi connectivity index (χ1) is 9.59. The fourth-order valence-corrected chi connectivity index (χ4v) is 5.23. The van der Waals surface area contributed by atoms with Gasteiger partial charge in [0.25, 0.3) is 0 Å². The van der Waals surface area contributed by atoms with E-state index in [1.165, 1.54) is 5.57 Å². The number of ketones is 2. The molecule has 0 saturated heterocycles. The quantitative estimate of drug-likeness (QED) is 0.630. The van der Waals surface area contributed by atoms with E-state index < -0.39 is 0 Å². The van der Waals surface area contributed by atoms with Crippen LogP contribution >= 0.6 is 0 Å². The van der Waals surface area contributed by atoms with Crippen LogP contribution in [0, 0.1) is 23.2 Å². The summed E-state index contributed by atoms with van der Waals surface area (Å²) in [5.74, 6) is 2.52. The number of rotatable bonds is 0. The van der Waals surface area contributed by atoms with Crippen LogP contribution in [0.25, 0.3) is 0 Å². The number of fused-ring (bicyclic) bond motifs is 5. The molecule has 2 heteroatoms. The predicted molar refractivity (Wildman–Crippen MR) is 77.1 cm³/mol. The molecule has 2 fully saturated rings. The highest BCUT2D eigenvalue weighted by Crippen LogP contribution is 2.57. The van der Waals surface area contributed by atoms with Gasteiger partial charge >= 0.3 is 0 Å². The van der Waals surface area contributed by atoms with Crippen LogP contribution in [0.4, 0.5) is 0 Å². The summed E-state index contributed by atoms with van der Waals surface area (Å²) in [6, 6.07) is 0. The molecule has 106 valence electrons. The van der Waals surface area contributed by atoms with Gasteiger partial charge in [-0.3, -0.25) is 9.59 Å². The Morgan fingerprint density at radius 3 is 2.85 bits per heavy atom. The molecule has 2 saturated carbocycles. The van der Waals surface area contributed by atoms with E-state index in [9.17, 15) is 9.59 Å². The molecule has 0 aromatic rings. The van der Waals surface area contributed by atoms with Crippen molar-refractivity contribution in [3.8, 4) is 0 Å². The van der Waals surface area contributed by atoms with Crippen molar-refractivity contribution in [1.29, 1.82) is 0 Å². The lowest BCUT2D eigenvalue weighted by Crippen LogP contribution is -2.40. The van der Waals surface area contributed by atoms with E-state index in [0.717, 1.165) is 38.5 Å². The SMILES string of the molecule is C[C@]12CC=C3[C@H]4CCC(=O)CC4=CC[C@H]3[C@@H]1CCC2=O. The molecule has 0 aromatic heterocycles. The Bertz CT molecular complexity index is 554. The molecule has 0 bridgehead atoms. The first-order valence-corrected chi connectivity index (χ1v) is 8.03. The highest BCUT2D eigenvalue weighted by atomic mass is 16.1. The molecule has 4 aliphatic rings. The van der Waals surface area contributed by atoms with E-state index in [2.05, 4.69) is 19.1 Å². The second-order valence-electron chi connectivity index (χ2n) is 7.32. The van der Waals surface area contributed by atoms with Gasteiger partial charge in [-0.25, -0.2) is 0 Å². The minimum atomic E-state index is -0.0933. The van der Waals surface area contributed by atoms with Gasteiger partial charge in [0.05, 0.1) is 0 Å². The van der Waals surface area contributed by atoms with Crippen LogP contribution in [0.5, 0.6) is 0 Å². The van der Waals surface area contributed by atoms with Gasteiger partial charge < -0.3 is 0 Å². The molecular formula is C18H22O2. The van der Waals surface area contributed by atoms with Gasteiger partial charge in [0.2, 0.25) is 0 Å². The molecule has 0 spiro atoms. The summed E-state index contributed by atoms with van der Waals surface area (Å²) < 4.78 is 0. The van der Waals surface area contributed by atoms with E-state index in [4.69, 9.17) is 0 Å². The van der Waals surface area contributed by atoms with E-state index >= 15 is 0 Å². The summed E-state index contributed by atoms with van der Waals surface area (Å²) in [6.45, 7) is 2.18. The lowest BCUT2D eigenvalue weighted by Gasteiger charge is -2.46. The second kappa shape index (κ2) is 4.16. The molecule has 0 aliphatic heterocycles. The summed E-state index contributed by atoms with van der Waals surface area (Å²) in [5.41, 5.74) is 2.85. The fraction of sp³-hybridized carbons (Fsp3) is 0.667. The summed E-state index contributed by atoms with van der Waals surface area (Å²) in [6.07, 6.45) is 11.0. The molecule has 4 atom stereocenters. The minimum absolute atomic E-state index is 0.0933.